The molecule has 34 heavy (non-hydrogen) atoms. The molecule has 2 aromatic rings. The summed E-state index contributed by atoms with van der Waals surface area (Å²) in [5.41, 5.74) is 0.820. The summed E-state index contributed by atoms with van der Waals surface area (Å²) in [6, 6.07) is 10.6. The highest BCUT2D eigenvalue weighted by Crippen LogP contribution is 2.37. The average Bonchev–Trinajstić information content (AvgIpc) is 2.84. The zero-order valence-corrected chi connectivity index (χ0v) is 20.5. The number of anilines is 2. The molecule has 1 saturated heterocycles. The topological polar surface area (TPSA) is 77.5 Å². The lowest BCUT2D eigenvalue weighted by molar-refractivity contribution is 0.102. The quantitative estimate of drug-likeness (QED) is 0.440. The van der Waals surface area contributed by atoms with E-state index in [0.717, 1.165) is 32.4 Å². The molecular formula is C26H30Cl2N4O2. The third-order valence-electron chi connectivity index (χ3n) is 6.51. The molecule has 0 saturated carbocycles. The van der Waals surface area contributed by atoms with E-state index in [0.29, 0.717) is 40.2 Å². The minimum absolute atomic E-state index is 0.0866. The molecular weight excluding hydrogens is 471 g/mol. The van der Waals surface area contributed by atoms with Crippen molar-refractivity contribution < 1.29 is 9.90 Å². The summed E-state index contributed by atoms with van der Waals surface area (Å²) < 4.78 is 0. The van der Waals surface area contributed by atoms with Crippen LogP contribution in [0.3, 0.4) is 0 Å². The van der Waals surface area contributed by atoms with Crippen LogP contribution in [-0.2, 0) is 0 Å². The van der Waals surface area contributed by atoms with Crippen LogP contribution >= 0.6 is 23.2 Å². The fourth-order valence-corrected chi connectivity index (χ4v) is 5.07. The fraction of sp³-hybridized carbons (Fsp3) is 0.385. The first-order valence-corrected chi connectivity index (χ1v) is 12.4. The Kier molecular flexibility index (Phi) is 8.27. The van der Waals surface area contributed by atoms with E-state index in [-0.39, 0.29) is 24.0 Å². The van der Waals surface area contributed by atoms with E-state index in [1.54, 1.807) is 36.4 Å². The molecule has 3 N–H and O–H groups in total. The van der Waals surface area contributed by atoms with Crippen molar-refractivity contribution in [2.45, 2.75) is 31.7 Å². The standard InChI is InChI=1S/C26H30Cl2N4O2/c27-19-5-4-6-20(17-19)30-25(34)22-7-8-23(28)31-24(22)32(21-9-14-29-15-10-21)18-26(13-16-33)11-2-1-3-12-26/h1-8,11,17,21,29,33H,9-10,12-16,18H2,(H,30,34). The molecule has 0 bridgehead atoms. The highest BCUT2D eigenvalue weighted by atomic mass is 35.5. The van der Waals surface area contributed by atoms with Crippen molar-refractivity contribution in [3.8, 4) is 0 Å². The number of amides is 1. The Bertz CT molecular complexity index is 1070. The van der Waals surface area contributed by atoms with Gasteiger partial charge in [0.2, 0.25) is 0 Å². The summed E-state index contributed by atoms with van der Waals surface area (Å²) in [7, 11) is 0. The molecule has 1 aliphatic carbocycles. The van der Waals surface area contributed by atoms with Crippen LogP contribution < -0.4 is 15.5 Å². The van der Waals surface area contributed by atoms with Crippen molar-refractivity contribution in [3.63, 3.8) is 0 Å². The van der Waals surface area contributed by atoms with Crippen LogP contribution in [-0.4, -0.2) is 48.3 Å². The van der Waals surface area contributed by atoms with E-state index in [9.17, 15) is 9.90 Å². The second kappa shape index (κ2) is 11.4. The van der Waals surface area contributed by atoms with Crippen LogP contribution in [0.4, 0.5) is 11.5 Å². The third kappa shape index (κ3) is 5.99. The number of piperidine rings is 1. The molecule has 180 valence electrons. The molecule has 6 nitrogen and oxygen atoms in total. The Hall–Kier alpha value is -2.38. The highest BCUT2D eigenvalue weighted by molar-refractivity contribution is 6.31. The van der Waals surface area contributed by atoms with Gasteiger partial charge in [0.05, 0.1) is 5.56 Å². The lowest BCUT2D eigenvalue weighted by atomic mass is 9.77. The number of nitrogens with zero attached hydrogens (tertiary/aromatic N) is 2. The van der Waals surface area contributed by atoms with Gasteiger partial charge in [0, 0.05) is 35.3 Å². The molecule has 8 heteroatoms. The number of aliphatic hydroxyl groups excluding tert-OH is 1. The first kappa shape index (κ1) is 24.7. The number of carbonyl (C=O) groups is 1. The van der Waals surface area contributed by atoms with Gasteiger partial charge in [0.25, 0.3) is 5.91 Å². The number of nitrogens with one attached hydrogen (secondary N) is 2. The van der Waals surface area contributed by atoms with Crippen LogP contribution in [0.1, 0.15) is 36.0 Å². The van der Waals surface area contributed by atoms with Crippen LogP contribution in [0.15, 0.2) is 60.7 Å². The van der Waals surface area contributed by atoms with Gasteiger partial charge >= 0.3 is 0 Å². The largest absolute Gasteiger partial charge is 0.396 e. The van der Waals surface area contributed by atoms with Crippen LogP contribution in [0, 0.1) is 5.41 Å². The number of carbonyl (C=O) groups excluding carboxylic acids is 1. The molecule has 1 aromatic heterocycles. The Morgan fingerprint density at radius 1 is 1.21 bits per heavy atom. The number of halogens is 2. The molecule has 1 unspecified atom stereocenters. The van der Waals surface area contributed by atoms with E-state index in [1.807, 2.05) is 12.2 Å². The number of hydrogen-bond acceptors (Lipinski definition) is 5. The first-order valence-electron chi connectivity index (χ1n) is 11.7. The van der Waals surface area contributed by atoms with Gasteiger partial charge in [0.15, 0.2) is 0 Å². The van der Waals surface area contributed by atoms with Crippen molar-refractivity contribution in [1.29, 1.82) is 0 Å². The zero-order chi connectivity index (χ0) is 24.0. The van der Waals surface area contributed by atoms with Crippen molar-refractivity contribution in [1.82, 2.24) is 10.3 Å². The summed E-state index contributed by atoms with van der Waals surface area (Å²) in [6.45, 7) is 2.51. The van der Waals surface area contributed by atoms with Gasteiger partial charge in [-0.3, -0.25) is 4.79 Å². The van der Waals surface area contributed by atoms with E-state index in [1.165, 1.54) is 0 Å². The van der Waals surface area contributed by atoms with E-state index in [4.69, 9.17) is 23.2 Å². The minimum Gasteiger partial charge on any atom is -0.396 e. The molecule has 1 aromatic carbocycles. The number of hydrogen-bond donors (Lipinski definition) is 3. The van der Waals surface area contributed by atoms with Crippen molar-refractivity contribution in [2.75, 3.05) is 36.5 Å². The minimum atomic E-state index is -0.268. The van der Waals surface area contributed by atoms with Crippen molar-refractivity contribution in [2.24, 2.45) is 5.41 Å². The Morgan fingerprint density at radius 2 is 2.03 bits per heavy atom. The van der Waals surface area contributed by atoms with Crippen LogP contribution in [0.25, 0.3) is 0 Å². The zero-order valence-electron chi connectivity index (χ0n) is 19.0. The van der Waals surface area contributed by atoms with Gasteiger partial charge in [-0.15, -0.1) is 0 Å². The summed E-state index contributed by atoms with van der Waals surface area (Å²) in [4.78, 5) is 20.3. The van der Waals surface area contributed by atoms with E-state index >= 15 is 0 Å². The van der Waals surface area contributed by atoms with Crippen LogP contribution in [0.2, 0.25) is 10.2 Å². The normalized spacial score (nSPS) is 20.3. The molecule has 0 spiro atoms. The van der Waals surface area contributed by atoms with Gasteiger partial charge < -0.3 is 20.6 Å². The molecule has 4 rings (SSSR count). The van der Waals surface area contributed by atoms with Crippen molar-refractivity contribution in [3.05, 3.63) is 76.4 Å². The number of allylic oxidation sites excluding steroid dienone is 3. The maximum atomic E-state index is 13.4. The maximum absolute atomic E-state index is 13.4. The SMILES string of the molecule is O=C(Nc1cccc(Cl)c1)c1ccc(Cl)nc1N(CC1(CCO)C=CC=CC1)C1CCNCC1. The number of aliphatic hydroxyl groups is 1. The monoisotopic (exact) mass is 500 g/mol. The fourth-order valence-electron chi connectivity index (χ4n) is 4.73. The highest BCUT2D eigenvalue weighted by Gasteiger charge is 2.35. The van der Waals surface area contributed by atoms with E-state index in [2.05, 4.69) is 32.7 Å². The molecule has 1 aliphatic heterocycles. The summed E-state index contributed by atoms with van der Waals surface area (Å²) in [5.74, 6) is 0.301. The number of rotatable bonds is 8. The van der Waals surface area contributed by atoms with Crippen molar-refractivity contribution >= 4 is 40.6 Å². The summed E-state index contributed by atoms with van der Waals surface area (Å²) in [6.07, 6.45) is 11.7. The van der Waals surface area contributed by atoms with Gasteiger partial charge in [-0.2, -0.15) is 0 Å². The number of benzene rings is 1. The molecule has 1 fully saturated rings. The summed E-state index contributed by atoms with van der Waals surface area (Å²) in [5, 5.41) is 17.1. The average molecular weight is 501 g/mol. The smallest absolute Gasteiger partial charge is 0.259 e. The molecule has 1 amide bonds. The predicted molar refractivity (Wildman–Crippen MR) is 139 cm³/mol. The predicted octanol–water partition coefficient (Wildman–Crippen LogP) is 5.08. The Morgan fingerprint density at radius 3 is 2.74 bits per heavy atom. The molecule has 1 atom stereocenters. The Balaban J connectivity index is 1.71. The van der Waals surface area contributed by atoms with Gasteiger partial charge in [-0.1, -0.05) is 53.6 Å². The number of aromatic nitrogens is 1. The first-order chi connectivity index (χ1) is 16.5. The number of pyridine rings is 1. The molecule has 2 aliphatic rings. The second-order valence-electron chi connectivity index (χ2n) is 8.91. The Labute approximate surface area is 210 Å². The lowest BCUT2D eigenvalue weighted by Gasteiger charge is -2.43. The molecule has 2 heterocycles. The van der Waals surface area contributed by atoms with Gasteiger partial charge in [-0.25, -0.2) is 4.98 Å². The van der Waals surface area contributed by atoms with Gasteiger partial charge in [0.1, 0.15) is 11.0 Å². The van der Waals surface area contributed by atoms with Crippen LogP contribution in [0.5, 0.6) is 0 Å². The lowest BCUT2D eigenvalue weighted by Crippen LogP contribution is -2.49. The second-order valence-corrected chi connectivity index (χ2v) is 9.73. The van der Waals surface area contributed by atoms with Gasteiger partial charge in [-0.05, 0) is 69.1 Å². The summed E-state index contributed by atoms with van der Waals surface area (Å²) >= 11 is 12.5. The van der Waals surface area contributed by atoms with E-state index < -0.39 is 0 Å². The maximum Gasteiger partial charge on any atom is 0.259 e. The molecule has 0 radical (unpaired) electrons. The third-order valence-corrected chi connectivity index (χ3v) is 6.95.